The number of nitrogens with one attached hydrogen (secondary N) is 2. The molecule has 0 aromatic heterocycles. The van der Waals surface area contributed by atoms with Gasteiger partial charge in [-0.05, 0) is 49.2 Å². The van der Waals surface area contributed by atoms with E-state index in [2.05, 4.69) is 0 Å². The van der Waals surface area contributed by atoms with E-state index in [4.69, 9.17) is 10.7 Å². The van der Waals surface area contributed by atoms with E-state index >= 15 is 0 Å². The van der Waals surface area contributed by atoms with Crippen molar-refractivity contribution in [2.75, 3.05) is 10.6 Å². The maximum Gasteiger partial charge on any atom is 0.471 e. The third-order valence-electron chi connectivity index (χ3n) is 3.64. The molecule has 0 radical (unpaired) electrons. The molecule has 6 nitrogen and oxygen atoms in total. The highest BCUT2D eigenvalue weighted by molar-refractivity contribution is 8.13. The molecule has 0 atom stereocenters. The first-order chi connectivity index (χ1) is 14.4. The summed E-state index contributed by atoms with van der Waals surface area (Å²) in [6.45, 7) is 2.96. The second-order valence-electron chi connectivity index (χ2n) is 6.13. The summed E-state index contributed by atoms with van der Waals surface area (Å²) >= 11 is 0. The Morgan fingerprint density at radius 1 is 0.781 bits per heavy atom. The second-order valence-corrected chi connectivity index (χ2v) is 8.70. The lowest BCUT2D eigenvalue weighted by Crippen LogP contribution is -2.30. The van der Waals surface area contributed by atoms with Crippen LogP contribution in [0.4, 0.5) is 37.7 Å². The van der Waals surface area contributed by atoms with Crippen LogP contribution in [0.2, 0.25) is 0 Å². The van der Waals surface area contributed by atoms with E-state index in [1.807, 2.05) is 0 Å². The van der Waals surface area contributed by atoms with Gasteiger partial charge in [-0.15, -0.1) is 0 Å². The van der Waals surface area contributed by atoms with Gasteiger partial charge in [0.25, 0.3) is 9.05 Å². The van der Waals surface area contributed by atoms with Crippen LogP contribution in [0.15, 0.2) is 47.4 Å². The zero-order valence-electron chi connectivity index (χ0n) is 16.2. The molecule has 0 bridgehead atoms. The Labute approximate surface area is 183 Å². The van der Waals surface area contributed by atoms with E-state index in [1.165, 1.54) is 13.0 Å². The molecule has 2 N–H and O–H groups in total. The average Bonchev–Trinajstić information content (AvgIpc) is 2.63. The molecule has 0 aliphatic rings. The van der Waals surface area contributed by atoms with Gasteiger partial charge in [-0.3, -0.25) is 9.59 Å². The van der Waals surface area contributed by atoms with Crippen molar-refractivity contribution in [2.24, 2.45) is 0 Å². The zero-order valence-corrected chi connectivity index (χ0v) is 17.8. The van der Waals surface area contributed by atoms with Gasteiger partial charge >= 0.3 is 24.2 Å². The Morgan fingerprint density at radius 2 is 1.22 bits per heavy atom. The Hall–Kier alpha value is -2.80. The van der Waals surface area contributed by atoms with Crippen LogP contribution in [0.1, 0.15) is 11.1 Å². The molecule has 2 amide bonds. The van der Waals surface area contributed by atoms with Crippen molar-refractivity contribution in [2.45, 2.75) is 31.1 Å². The fourth-order valence-corrected chi connectivity index (χ4v) is 2.86. The smallest absolute Gasteiger partial charge is 0.318 e. The van der Waals surface area contributed by atoms with E-state index in [0.29, 0.717) is 5.56 Å². The van der Waals surface area contributed by atoms with Crippen LogP contribution < -0.4 is 10.6 Å². The molecule has 0 aliphatic carbocycles. The lowest BCUT2D eigenvalue weighted by atomic mass is 10.2. The highest BCUT2D eigenvalue weighted by atomic mass is 35.7. The topological polar surface area (TPSA) is 92.3 Å². The molecular formula is C18H15ClF6N2O4S. The van der Waals surface area contributed by atoms with Gasteiger partial charge in [0.2, 0.25) is 0 Å². The SMILES string of the molecule is Cc1cc(S(=O)(=O)Cl)ccc1NC(=O)C(F)(F)F.Cc1ccccc1NC(=O)C(F)(F)F. The van der Waals surface area contributed by atoms with E-state index in [1.54, 1.807) is 35.8 Å². The minimum Gasteiger partial charge on any atom is -0.318 e. The summed E-state index contributed by atoms with van der Waals surface area (Å²) in [5.41, 5.74) is 0.774. The number of halogens is 7. The maximum absolute atomic E-state index is 12.0. The number of para-hydroxylation sites is 1. The molecule has 176 valence electrons. The first kappa shape index (κ1) is 27.2. The number of rotatable bonds is 3. The Morgan fingerprint density at radius 3 is 1.59 bits per heavy atom. The first-order valence-corrected chi connectivity index (χ1v) is 10.6. The minimum absolute atomic E-state index is 0.138. The third-order valence-corrected chi connectivity index (χ3v) is 4.99. The summed E-state index contributed by atoms with van der Waals surface area (Å²) in [6, 6.07) is 9.37. The third kappa shape index (κ3) is 8.38. The van der Waals surface area contributed by atoms with E-state index in [0.717, 1.165) is 18.2 Å². The van der Waals surface area contributed by atoms with Crippen LogP contribution in [0.3, 0.4) is 0 Å². The fourth-order valence-electron chi connectivity index (χ4n) is 2.03. The number of aryl methyl sites for hydroxylation is 2. The summed E-state index contributed by atoms with van der Waals surface area (Å²) in [4.78, 5) is 21.0. The molecule has 0 heterocycles. The van der Waals surface area contributed by atoms with Crippen molar-refractivity contribution in [1.29, 1.82) is 0 Å². The highest BCUT2D eigenvalue weighted by Crippen LogP contribution is 2.24. The number of carbonyl (C=O) groups is 2. The molecule has 0 aliphatic heterocycles. The van der Waals surface area contributed by atoms with Crippen LogP contribution in [-0.2, 0) is 18.6 Å². The normalized spacial score (nSPS) is 11.8. The summed E-state index contributed by atoms with van der Waals surface area (Å²) < 4.78 is 93.5. The Balaban J connectivity index is 0.000000330. The van der Waals surface area contributed by atoms with E-state index in [9.17, 15) is 44.3 Å². The van der Waals surface area contributed by atoms with Crippen molar-refractivity contribution in [3.63, 3.8) is 0 Å². The molecule has 14 heteroatoms. The molecule has 0 fully saturated rings. The number of amides is 2. The molecule has 0 unspecified atom stereocenters. The number of anilines is 2. The van der Waals surface area contributed by atoms with Gasteiger partial charge in [0.1, 0.15) is 0 Å². The van der Waals surface area contributed by atoms with Crippen molar-refractivity contribution in [3.8, 4) is 0 Å². The zero-order chi connectivity index (χ0) is 24.9. The molecule has 0 saturated carbocycles. The van der Waals surface area contributed by atoms with Crippen molar-refractivity contribution < 1.29 is 44.3 Å². The fraction of sp³-hybridized carbons (Fsp3) is 0.222. The first-order valence-electron chi connectivity index (χ1n) is 8.30. The second kappa shape index (κ2) is 10.2. The molecular weight excluding hydrogens is 490 g/mol. The molecule has 0 saturated heterocycles. The lowest BCUT2D eigenvalue weighted by molar-refractivity contribution is -0.167. The van der Waals surface area contributed by atoms with Crippen molar-refractivity contribution >= 4 is 42.9 Å². The van der Waals surface area contributed by atoms with Gasteiger partial charge in [0, 0.05) is 22.1 Å². The quantitative estimate of drug-likeness (QED) is 0.458. The summed E-state index contributed by atoms with van der Waals surface area (Å²) in [6.07, 6.45) is -9.86. The lowest BCUT2D eigenvalue weighted by Gasteiger charge is -2.10. The Kier molecular flexibility index (Phi) is 8.69. The number of hydrogen-bond donors (Lipinski definition) is 2. The predicted molar refractivity (Wildman–Crippen MR) is 105 cm³/mol. The number of carbonyl (C=O) groups excluding carboxylic acids is 2. The molecule has 2 rings (SSSR count). The van der Waals surface area contributed by atoms with Crippen molar-refractivity contribution in [3.05, 3.63) is 53.6 Å². The summed E-state index contributed by atoms with van der Waals surface area (Å²) in [7, 11) is 1.10. The largest absolute Gasteiger partial charge is 0.471 e. The molecule has 2 aromatic carbocycles. The van der Waals surface area contributed by atoms with Gasteiger partial charge in [-0.2, -0.15) is 26.3 Å². The van der Waals surface area contributed by atoms with E-state index < -0.39 is 33.2 Å². The Bertz CT molecular complexity index is 1100. The van der Waals surface area contributed by atoms with E-state index in [-0.39, 0.29) is 21.8 Å². The van der Waals surface area contributed by atoms with Crippen LogP contribution in [0, 0.1) is 13.8 Å². The molecule has 32 heavy (non-hydrogen) atoms. The summed E-state index contributed by atoms with van der Waals surface area (Å²) in [5.74, 6) is -4.08. The number of alkyl halides is 6. The molecule has 0 spiro atoms. The van der Waals surface area contributed by atoms with Crippen LogP contribution in [0.5, 0.6) is 0 Å². The highest BCUT2D eigenvalue weighted by Gasteiger charge is 2.39. The van der Waals surface area contributed by atoms with Gasteiger partial charge in [0.05, 0.1) is 4.90 Å². The minimum atomic E-state index is -5.01. The van der Waals surface area contributed by atoms with Crippen LogP contribution >= 0.6 is 10.7 Å². The molecule has 2 aromatic rings. The van der Waals surface area contributed by atoms with Gasteiger partial charge < -0.3 is 10.6 Å². The van der Waals surface area contributed by atoms with Gasteiger partial charge in [-0.1, -0.05) is 18.2 Å². The average molecular weight is 505 g/mol. The predicted octanol–water partition coefficient (Wildman–Crippen LogP) is 4.92. The standard InChI is InChI=1S/C9H7ClF3NO3S.C9H8F3NO/c1-5-4-6(18(10,16)17)2-3-7(5)14-8(15)9(11,12)13;1-6-4-2-3-5-7(6)13-8(14)9(10,11)12/h2-4H,1H3,(H,14,15);2-5H,1H3,(H,13,14). The monoisotopic (exact) mass is 504 g/mol. The van der Waals surface area contributed by atoms with Gasteiger partial charge in [-0.25, -0.2) is 8.42 Å². The van der Waals surface area contributed by atoms with Crippen molar-refractivity contribution in [1.82, 2.24) is 0 Å². The van der Waals surface area contributed by atoms with Crippen LogP contribution in [-0.4, -0.2) is 32.6 Å². The van der Waals surface area contributed by atoms with Crippen LogP contribution in [0.25, 0.3) is 0 Å². The number of hydrogen-bond acceptors (Lipinski definition) is 4. The maximum atomic E-state index is 12.0. The summed E-state index contributed by atoms with van der Waals surface area (Å²) in [5, 5.41) is 3.41. The van der Waals surface area contributed by atoms with Gasteiger partial charge in [0.15, 0.2) is 0 Å². The number of benzene rings is 2.